The van der Waals surface area contributed by atoms with Crippen molar-refractivity contribution in [2.75, 3.05) is 12.8 Å². The minimum Gasteiger partial charge on any atom is -0.497 e. The van der Waals surface area contributed by atoms with E-state index in [1.54, 1.807) is 13.3 Å². The zero-order chi connectivity index (χ0) is 12.4. The summed E-state index contributed by atoms with van der Waals surface area (Å²) in [6, 6.07) is 7.77. The lowest BCUT2D eigenvalue weighted by Crippen LogP contribution is -1.94. The summed E-state index contributed by atoms with van der Waals surface area (Å²) < 4.78 is 6.81. The Bertz CT molecular complexity index is 541. The Morgan fingerprint density at radius 3 is 2.41 bits per heavy atom. The molecule has 0 saturated heterocycles. The predicted octanol–water partition coefficient (Wildman–Crippen LogP) is 3.86. The van der Waals surface area contributed by atoms with Gasteiger partial charge >= 0.3 is 0 Å². The average molecular weight is 358 g/mol. The fourth-order valence-corrected chi connectivity index (χ4v) is 2.84. The largest absolute Gasteiger partial charge is 0.497 e. The first-order chi connectivity index (χ1) is 8.13. The minimum absolute atomic E-state index is 0.471. The smallest absolute Gasteiger partial charge is 0.138 e. The molecule has 1 aromatic carbocycles. The molecule has 5 heteroatoms. The molecule has 2 N–H and O–H groups in total. The second-order valence-electron chi connectivity index (χ2n) is 3.41. The van der Waals surface area contributed by atoms with Crippen molar-refractivity contribution < 1.29 is 4.74 Å². The highest BCUT2D eigenvalue weighted by Crippen LogP contribution is 2.37. The van der Waals surface area contributed by atoms with Gasteiger partial charge in [-0.3, -0.25) is 0 Å². The summed E-state index contributed by atoms with van der Waals surface area (Å²) in [5, 5.41) is 0. The maximum atomic E-state index is 5.78. The molecule has 1 aromatic heterocycles. The quantitative estimate of drug-likeness (QED) is 0.887. The van der Waals surface area contributed by atoms with Gasteiger partial charge in [-0.1, -0.05) is 12.1 Å². The molecule has 0 bridgehead atoms. The van der Waals surface area contributed by atoms with Gasteiger partial charge in [0.05, 0.1) is 11.6 Å². The van der Waals surface area contributed by atoms with E-state index in [-0.39, 0.29) is 0 Å². The van der Waals surface area contributed by atoms with Crippen LogP contribution in [0.4, 0.5) is 5.82 Å². The Kier molecular flexibility index (Phi) is 3.69. The van der Waals surface area contributed by atoms with E-state index in [1.165, 1.54) is 0 Å². The third-order valence-corrected chi connectivity index (χ3v) is 3.78. The van der Waals surface area contributed by atoms with Gasteiger partial charge in [0.1, 0.15) is 11.6 Å². The molecule has 2 aromatic rings. The van der Waals surface area contributed by atoms with Gasteiger partial charge in [-0.05, 0) is 49.6 Å². The zero-order valence-electron chi connectivity index (χ0n) is 9.08. The lowest BCUT2D eigenvalue weighted by Gasteiger charge is -2.09. The van der Waals surface area contributed by atoms with Gasteiger partial charge in [-0.15, -0.1) is 0 Å². The van der Waals surface area contributed by atoms with E-state index in [0.717, 1.165) is 25.8 Å². The summed E-state index contributed by atoms with van der Waals surface area (Å²) in [6.07, 6.45) is 1.69. The van der Waals surface area contributed by atoms with Crippen LogP contribution in [0.25, 0.3) is 11.1 Å². The first-order valence-corrected chi connectivity index (χ1v) is 6.46. The first kappa shape index (κ1) is 12.4. The minimum atomic E-state index is 0.471. The van der Waals surface area contributed by atoms with Gasteiger partial charge < -0.3 is 10.5 Å². The number of nitrogen functional groups attached to an aromatic ring is 1. The second kappa shape index (κ2) is 5.06. The topological polar surface area (TPSA) is 48.1 Å². The molecule has 0 aliphatic rings. The van der Waals surface area contributed by atoms with Crippen molar-refractivity contribution in [1.82, 2.24) is 4.98 Å². The normalized spacial score (nSPS) is 10.3. The molecule has 0 fully saturated rings. The molecular formula is C12H10Br2N2O. The number of nitrogens with two attached hydrogens (primary N) is 1. The Morgan fingerprint density at radius 1 is 1.18 bits per heavy atom. The van der Waals surface area contributed by atoms with E-state index >= 15 is 0 Å². The standard InChI is InChI=1S/C12H10Br2N2O/c1-17-8-4-2-7(3-5-8)10-9(13)6-16-12(15)11(10)14/h2-6H,1H3,(H2,15,16). The van der Waals surface area contributed by atoms with Crippen molar-refractivity contribution in [2.45, 2.75) is 0 Å². The Hall–Kier alpha value is -1.07. The fourth-order valence-electron chi connectivity index (χ4n) is 1.50. The van der Waals surface area contributed by atoms with E-state index < -0.39 is 0 Å². The number of rotatable bonds is 2. The number of ether oxygens (including phenoxy) is 1. The third kappa shape index (κ3) is 2.45. The predicted molar refractivity (Wildman–Crippen MR) is 76.0 cm³/mol. The highest BCUT2D eigenvalue weighted by Gasteiger charge is 2.11. The van der Waals surface area contributed by atoms with Crippen LogP contribution in [-0.2, 0) is 0 Å². The molecule has 0 amide bonds. The van der Waals surface area contributed by atoms with Gasteiger partial charge in [-0.25, -0.2) is 4.98 Å². The zero-order valence-corrected chi connectivity index (χ0v) is 12.2. The van der Waals surface area contributed by atoms with Crippen LogP contribution < -0.4 is 10.5 Å². The SMILES string of the molecule is COc1ccc(-c2c(Br)cnc(N)c2Br)cc1. The lowest BCUT2D eigenvalue weighted by atomic mass is 10.1. The van der Waals surface area contributed by atoms with E-state index in [2.05, 4.69) is 36.8 Å². The summed E-state index contributed by atoms with van der Waals surface area (Å²) in [5.41, 5.74) is 7.81. The van der Waals surface area contributed by atoms with Crippen LogP contribution >= 0.6 is 31.9 Å². The number of anilines is 1. The summed E-state index contributed by atoms with van der Waals surface area (Å²) in [7, 11) is 1.64. The number of pyridine rings is 1. The third-order valence-electron chi connectivity index (χ3n) is 2.38. The van der Waals surface area contributed by atoms with Crippen molar-refractivity contribution in [3.63, 3.8) is 0 Å². The number of aromatic nitrogens is 1. The molecule has 0 atom stereocenters. The van der Waals surface area contributed by atoms with Crippen LogP contribution in [0.3, 0.4) is 0 Å². The number of halogens is 2. The highest BCUT2D eigenvalue weighted by molar-refractivity contribution is 9.11. The Labute approximate surface area is 116 Å². The number of benzene rings is 1. The molecule has 0 aliphatic heterocycles. The van der Waals surface area contributed by atoms with Crippen molar-refractivity contribution in [3.8, 4) is 16.9 Å². The number of methoxy groups -OCH3 is 1. The molecule has 3 nitrogen and oxygen atoms in total. The molecule has 0 spiro atoms. The Balaban J connectivity index is 2.55. The van der Waals surface area contributed by atoms with E-state index in [0.29, 0.717) is 5.82 Å². The second-order valence-corrected chi connectivity index (χ2v) is 5.06. The van der Waals surface area contributed by atoms with Gasteiger partial charge in [0.25, 0.3) is 0 Å². The van der Waals surface area contributed by atoms with Crippen LogP contribution in [0.15, 0.2) is 39.4 Å². The summed E-state index contributed by atoms with van der Waals surface area (Å²) in [6.45, 7) is 0. The van der Waals surface area contributed by atoms with Gasteiger partial charge in [0.2, 0.25) is 0 Å². The molecule has 88 valence electrons. The van der Waals surface area contributed by atoms with Gasteiger partial charge in [-0.2, -0.15) is 0 Å². The molecule has 17 heavy (non-hydrogen) atoms. The molecule has 0 unspecified atom stereocenters. The van der Waals surface area contributed by atoms with Crippen LogP contribution in [0.1, 0.15) is 0 Å². The van der Waals surface area contributed by atoms with Gasteiger partial charge in [0.15, 0.2) is 0 Å². The van der Waals surface area contributed by atoms with Crippen molar-refractivity contribution in [1.29, 1.82) is 0 Å². The lowest BCUT2D eigenvalue weighted by molar-refractivity contribution is 0.415. The summed E-state index contributed by atoms with van der Waals surface area (Å²) >= 11 is 6.93. The maximum Gasteiger partial charge on any atom is 0.138 e. The van der Waals surface area contributed by atoms with Crippen molar-refractivity contribution in [2.24, 2.45) is 0 Å². The van der Waals surface area contributed by atoms with E-state index in [1.807, 2.05) is 24.3 Å². The monoisotopic (exact) mass is 356 g/mol. The highest BCUT2D eigenvalue weighted by atomic mass is 79.9. The summed E-state index contributed by atoms with van der Waals surface area (Å²) in [5.74, 6) is 1.29. The molecular weight excluding hydrogens is 348 g/mol. The van der Waals surface area contributed by atoms with Crippen LogP contribution in [0.2, 0.25) is 0 Å². The average Bonchev–Trinajstić information content (AvgIpc) is 2.35. The van der Waals surface area contributed by atoms with E-state index in [9.17, 15) is 0 Å². The number of nitrogens with zero attached hydrogens (tertiary/aromatic N) is 1. The molecule has 2 rings (SSSR count). The van der Waals surface area contributed by atoms with Gasteiger partial charge in [0, 0.05) is 16.2 Å². The first-order valence-electron chi connectivity index (χ1n) is 4.87. The molecule has 0 saturated carbocycles. The number of hydrogen-bond donors (Lipinski definition) is 1. The van der Waals surface area contributed by atoms with Crippen LogP contribution in [0, 0.1) is 0 Å². The van der Waals surface area contributed by atoms with E-state index in [4.69, 9.17) is 10.5 Å². The van der Waals surface area contributed by atoms with Crippen LogP contribution in [-0.4, -0.2) is 12.1 Å². The van der Waals surface area contributed by atoms with Crippen LogP contribution in [0.5, 0.6) is 5.75 Å². The molecule has 0 aliphatic carbocycles. The molecule has 1 heterocycles. The fraction of sp³-hybridized carbons (Fsp3) is 0.0833. The molecule has 0 radical (unpaired) electrons. The van der Waals surface area contributed by atoms with Crippen molar-refractivity contribution in [3.05, 3.63) is 39.4 Å². The van der Waals surface area contributed by atoms with Crippen molar-refractivity contribution >= 4 is 37.7 Å². The number of hydrogen-bond acceptors (Lipinski definition) is 3. The maximum absolute atomic E-state index is 5.78. The Morgan fingerprint density at radius 2 is 1.82 bits per heavy atom. The summed E-state index contributed by atoms with van der Waals surface area (Å²) in [4.78, 5) is 4.06.